The molecule has 0 saturated carbocycles. The molecule has 0 unspecified atom stereocenters. The molecule has 5 rings (SSSR count). The van der Waals surface area contributed by atoms with Gasteiger partial charge < -0.3 is 10.2 Å². The monoisotopic (exact) mass is 476 g/mol. The normalized spacial score (nSPS) is 15.5. The Bertz CT molecular complexity index is 1230. The summed E-state index contributed by atoms with van der Waals surface area (Å²) in [6, 6.07) is 7.79. The first kappa shape index (κ1) is 22.6. The molecule has 2 aromatic heterocycles. The number of ketones is 1. The van der Waals surface area contributed by atoms with Crippen molar-refractivity contribution < 1.29 is 9.59 Å². The lowest BCUT2D eigenvalue weighted by atomic mass is 10.00. The number of Topliss-reactive ketones (excluding diaryl/α,β-unsaturated/α-hetero) is 1. The van der Waals surface area contributed by atoms with E-state index >= 15 is 0 Å². The molecule has 1 fully saturated rings. The van der Waals surface area contributed by atoms with E-state index in [-0.39, 0.29) is 11.7 Å². The lowest BCUT2D eigenvalue weighted by molar-refractivity contribution is -0.130. The second-order valence-electron chi connectivity index (χ2n) is 8.93. The van der Waals surface area contributed by atoms with Crippen LogP contribution < -0.4 is 5.32 Å². The number of aryl methyl sites for hydroxylation is 2. The van der Waals surface area contributed by atoms with E-state index in [9.17, 15) is 9.59 Å². The van der Waals surface area contributed by atoms with Crippen molar-refractivity contribution in [3.05, 3.63) is 51.5 Å². The van der Waals surface area contributed by atoms with Crippen LogP contribution in [0.3, 0.4) is 0 Å². The lowest BCUT2D eigenvalue weighted by Crippen LogP contribution is -2.47. The second kappa shape index (κ2) is 9.60. The Hall–Kier alpha value is -3.17. The molecular weight excluding hydrogens is 448 g/mol. The summed E-state index contributed by atoms with van der Waals surface area (Å²) >= 11 is 1.77. The highest BCUT2D eigenvalue weighted by molar-refractivity contribution is 7.12. The number of rotatable bonds is 6. The first-order valence-electron chi connectivity index (χ1n) is 11.6. The molecule has 8 nitrogen and oxygen atoms in total. The zero-order valence-corrected chi connectivity index (χ0v) is 20.3. The van der Waals surface area contributed by atoms with Crippen LogP contribution in [-0.4, -0.2) is 62.6 Å². The molecule has 0 spiro atoms. The van der Waals surface area contributed by atoms with Gasteiger partial charge in [-0.1, -0.05) is 12.1 Å². The number of carbonyl (C=O) groups is 2. The van der Waals surface area contributed by atoms with Crippen LogP contribution >= 0.6 is 11.3 Å². The van der Waals surface area contributed by atoms with Crippen LogP contribution in [0.2, 0.25) is 0 Å². The van der Waals surface area contributed by atoms with E-state index in [2.05, 4.69) is 15.2 Å². The fraction of sp³-hybridized carbons (Fsp3) is 0.400. The molecule has 1 aliphatic heterocycles. The minimum Gasteiger partial charge on any atom is -0.340 e. The maximum atomic E-state index is 11.6. The molecule has 1 aromatic carbocycles. The largest absolute Gasteiger partial charge is 0.340 e. The molecule has 0 radical (unpaired) electrons. The Balaban J connectivity index is 1.32. The van der Waals surface area contributed by atoms with Gasteiger partial charge in [-0.05, 0) is 43.0 Å². The molecule has 1 saturated heterocycles. The number of hydrogen-bond donors (Lipinski definition) is 1. The number of piperazine rings is 1. The third kappa shape index (κ3) is 5.00. The van der Waals surface area contributed by atoms with Gasteiger partial charge in [-0.3, -0.25) is 14.5 Å². The van der Waals surface area contributed by atoms with Gasteiger partial charge >= 0.3 is 0 Å². The fourth-order valence-corrected chi connectivity index (χ4v) is 5.63. The second-order valence-corrected chi connectivity index (χ2v) is 10.1. The zero-order valence-electron chi connectivity index (χ0n) is 19.5. The fourth-order valence-electron chi connectivity index (χ4n) is 4.51. The molecule has 1 aliphatic carbocycles. The van der Waals surface area contributed by atoms with Crippen LogP contribution in [0.1, 0.15) is 34.9 Å². The van der Waals surface area contributed by atoms with Crippen molar-refractivity contribution in [2.75, 3.05) is 31.5 Å². The number of amides is 1. The van der Waals surface area contributed by atoms with Gasteiger partial charge in [0.25, 0.3) is 0 Å². The summed E-state index contributed by atoms with van der Waals surface area (Å²) in [6.45, 7) is 7.34. The summed E-state index contributed by atoms with van der Waals surface area (Å²) in [5, 5.41) is 4.38. The first-order chi connectivity index (χ1) is 16.4. The Labute approximate surface area is 203 Å². The van der Waals surface area contributed by atoms with Crippen molar-refractivity contribution in [2.45, 2.75) is 39.7 Å². The summed E-state index contributed by atoms with van der Waals surface area (Å²) < 4.78 is 0. The van der Waals surface area contributed by atoms with E-state index in [1.807, 2.05) is 35.4 Å². The number of nitrogens with zero attached hydrogens (tertiary/aromatic N) is 5. The third-order valence-corrected chi connectivity index (χ3v) is 7.36. The average molecular weight is 477 g/mol. The quantitative estimate of drug-likeness (QED) is 0.584. The molecule has 0 bridgehead atoms. The van der Waals surface area contributed by atoms with Crippen molar-refractivity contribution in [1.82, 2.24) is 24.8 Å². The van der Waals surface area contributed by atoms with Crippen LogP contribution in [-0.2, 0) is 35.4 Å². The van der Waals surface area contributed by atoms with Crippen molar-refractivity contribution in [3.63, 3.8) is 0 Å². The maximum absolute atomic E-state index is 11.6. The Morgan fingerprint density at radius 1 is 1.06 bits per heavy atom. The number of thiazole rings is 1. The number of benzene rings is 1. The number of aromatic nitrogens is 3. The highest BCUT2D eigenvalue weighted by Crippen LogP contribution is 2.36. The lowest BCUT2D eigenvalue weighted by Gasteiger charge is -2.33. The highest BCUT2D eigenvalue weighted by atomic mass is 32.1. The van der Waals surface area contributed by atoms with Crippen molar-refractivity contribution >= 4 is 34.7 Å². The van der Waals surface area contributed by atoms with Gasteiger partial charge in [0.15, 0.2) is 0 Å². The number of hydrogen-bond acceptors (Lipinski definition) is 8. The molecule has 3 aromatic rings. The maximum Gasteiger partial charge on any atom is 0.227 e. The molecule has 176 valence electrons. The summed E-state index contributed by atoms with van der Waals surface area (Å²) in [7, 11) is 0. The van der Waals surface area contributed by atoms with Crippen LogP contribution in [0, 0.1) is 0 Å². The third-order valence-electron chi connectivity index (χ3n) is 6.26. The number of anilines is 2. The standard InChI is InChI=1S/C25H28N6O2S/c1-16(32)12-18-4-3-5-20(13-18)27-25-26-14-19-6-7-21-24(23(19)29-25)28-22(34-21)15-30-8-10-31(11-9-30)17(2)33/h3-5,13-14H,6-12,15H2,1-2H3,(H,26,27,29). The summed E-state index contributed by atoms with van der Waals surface area (Å²) in [5.41, 5.74) is 4.82. The van der Waals surface area contributed by atoms with Gasteiger partial charge in [-0.15, -0.1) is 11.3 Å². The molecule has 9 heteroatoms. The van der Waals surface area contributed by atoms with E-state index < -0.39 is 0 Å². The molecule has 3 heterocycles. The van der Waals surface area contributed by atoms with E-state index in [1.165, 1.54) is 4.88 Å². The molecule has 2 aliphatic rings. The van der Waals surface area contributed by atoms with Crippen LogP contribution in [0.15, 0.2) is 30.5 Å². The number of carbonyl (C=O) groups excluding carboxylic acids is 2. The first-order valence-corrected chi connectivity index (χ1v) is 12.4. The van der Waals surface area contributed by atoms with E-state index in [0.717, 1.165) is 78.8 Å². The van der Waals surface area contributed by atoms with Crippen LogP contribution in [0.5, 0.6) is 0 Å². The number of fused-ring (bicyclic) bond motifs is 3. The minimum absolute atomic E-state index is 0.134. The molecule has 0 atom stereocenters. The van der Waals surface area contributed by atoms with E-state index in [4.69, 9.17) is 9.97 Å². The molecular formula is C25H28N6O2S. The van der Waals surface area contributed by atoms with Gasteiger partial charge in [0.1, 0.15) is 16.5 Å². The number of nitrogens with one attached hydrogen (secondary N) is 1. The van der Waals surface area contributed by atoms with Gasteiger partial charge in [-0.25, -0.2) is 15.0 Å². The van der Waals surface area contributed by atoms with Crippen LogP contribution in [0.25, 0.3) is 11.4 Å². The highest BCUT2D eigenvalue weighted by Gasteiger charge is 2.25. The minimum atomic E-state index is 0.134. The van der Waals surface area contributed by atoms with Crippen molar-refractivity contribution in [2.24, 2.45) is 0 Å². The summed E-state index contributed by atoms with van der Waals surface area (Å²) in [6.07, 6.45) is 4.18. The predicted molar refractivity (Wildman–Crippen MR) is 132 cm³/mol. The van der Waals surface area contributed by atoms with E-state index in [0.29, 0.717) is 12.4 Å². The van der Waals surface area contributed by atoms with Crippen LogP contribution in [0.4, 0.5) is 11.6 Å². The van der Waals surface area contributed by atoms with Gasteiger partial charge in [0, 0.05) is 56.3 Å². The van der Waals surface area contributed by atoms with Gasteiger partial charge in [0.05, 0.1) is 12.2 Å². The zero-order chi connectivity index (χ0) is 23.7. The SMILES string of the molecule is CC(=O)Cc1cccc(Nc2ncc3c(n2)-c2nc(CN4CCN(C(C)=O)CC4)sc2CC3)c1. The van der Waals surface area contributed by atoms with Gasteiger partial charge in [0.2, 0.25) is 11.9 Å². The Morgan fingerprint density at radius 3 is 2.65 bits per heavy atom. The molecule has 1 N–H and O–H groups in total. The smallest absolute Gasteiger partial charge is 0.227 e. The average Bonchev–Trinajstić information content (AvgIpc) is 3.22. The predicted octanol–water partition coefficient (Wildman–Crippen LogP) is 3.24. The molecule has 1 amide bonds. The van der Waals surface area contributed by atoms with Gasteiger partial charge in [-0.2, -0.15) is 0 Å². The Morgan fingerprint density at radius 2 is 1.88 bits per heavy atom. The van der Waals surface area contributed by atoms with E-state index in [1.54, 1.807) is 25.2 Å². The van der Waals surface area contributed by atoms with Crippen molar-refractivity contribution in [3.8, 4) is 11.4 Å². The summed E-state index contributed by atoms with van der Waals surface area (Å²) in [5.74, 6) is 0.812. The molecule has 34 heavy (non-hydrogen) atoms. The summed E-state index contributed by atoms with van der Waals surface area (Å²) in [4.78, 5) is 42.9. The Kier molecular flexibility index (Phi) is 6.38. The van der Waals surface area contributed by atoms with Crippen molar-refractivity contribution in [1.29, 1.82) is 0 Å². The topological polar surface area (TPSA) is 91.3 Å².